The van der Waals surface area contributed by atoms with Gasteiger partial charge in [-0.15, -0.1) is 0 Å². The minimum absolute atomic E-state index is 0.0140. The highest BCUT2D eigenvalue weighted by Gasteiger charge is 2.17. The van der Waals surface area contributed by atoms with Crippen molar-refractivity contribution >= 4 is 67.7 Å². The summed E-state index contributed by atoms with van der Waals surface area (Å²) in [4.78, 5) is 20.4. The normalized spacial score (nSPS) is 11.3. The van der Waals surface area contributed by atoms with E-state index >= 15 is 0 Å². The van der Waals surface area contributed by atoms with E-state index in [1.165, 1.54) is 18.3 Å². The monoisotopic (exact) mass is 459 g/mol. The molecule has 0 saturated carbocycles. The van der Waals surface area contributed by atoms with Crippen LogP contribution in [0.5, 0.6) is 0 Å². The molecule has 154 valence electrons. The van der Waals surface area contributed by atoms with Crippen LogP contribution in [-0.4, -0.2) is 16.6 Å². The molecule has 0 aliphatic heterocycles. The standard InChI is InChI=1S/C21H19Cl2N5OS/c1-11(2)25-20-18(19(24)26-14-9-7-13(8-10-14)12(3)29)28-21(30-20)27-17-15(22)5-4-6-16(17)23/h4-10,25H,1H2,2-3H3,(H2,24,26)(H,27,28). The molecule has 0 aliphatic rings. The Morgan fingerprint density at radius 1 is 1.13 bits per heavy atom. The van der Waals surface area contributed by atoms with E-state index in [1.54, 1.807) is 42.5 Å². The van der Waals surface area contributed by atoms with E-state index < -0.39 is 0 Å². The molecule has 0 aliphatic carbocycles. The maximum Gasteiger partial charge on any atom is 0.189 e. The predicted octanol–water partition coefficient (Wildman–Crippen LogP) is 6.38. The number of para-hydroxylation sites is 1. The molecular weight excluding hydrogens is 441 g/mol. The van der Waals surface area contributed by atoms with Crippen molar-refractivity contribution in [2.24, 2.45) is 10.7 Å². The van der Waals surface area contributed by atoms with Gasteiger partial charge >= 0.3 is 0 Å². The van der Waals surface area contributed by atoms with E-state index in [4.69, 9.17) is 28.9 Å². The zero-order valence-electron chi connectivity index (χ0n) is 16.3. The number of aliphatic imine (C=N–C) groups is 1. The Labute approximate surface area is 188 Å². The summed E-state index contributed by atoms with van der Waals surface area (Å²) in [6.45, 7) is 7.21. The van der Waals surface area contributed by atoms with E-state index in [9.17, 15) is 4.79 Å². The molecule has 0 spiro atoms. The van der Waals surface area contributed by atoms with E-state index in [-0.39, 0.29) is 11.6 Å². The molecule has 0 radical (unpaired) electrons. The second kappa shape index (κ2) is 9.30. The number of aromatic nitrogens is 1. The fourth-order valence-corrected chi connectivity index (χ4v) is 3.96. The number of amidine groups is 1. The number of anilines is 3. The number of ketones is 1. The lowest BCUT2D eigenvalue weighted by Gasteiger charge is -2.06. The van der Waals surface area contributed by atoms with Crippen molar-refractivity contribution in [2.45, 2.75) is 13.8 Å². The Kier molecular flexibility index (Phi) is 6.77. The van der Waals surface area contributed by atoms with Gasteiger partial charge in [0, 0.05) is 11.3 Å². The zero-order valence-corrected chi connectivity index (χ0v) is 18.6. The number of nitrogens with two attached hydrogens (primary N) is 1. The molecule has 2 aromatic carbocycles. The Hall–Kier alpha value is -2.87. The fourth-order valence-electron chi connectivity index (χ4n) is 2.51. The van der Waals surface area contributed by atoms with Crippen LogP contribution in [0.25, 0.3) is 0 Å². The molecular formula is C21H19Cl2N5OS. The molecule has 0 saturated heterocycles. The second-order valence-electron chi connectivity index (χ2n) is 6.42. The number of carbonyl (C=O) groups excluding carboxylic acids is 1. The number of thiazole rings is 1. The molecule has 0 unspecified atom stereocenters. The highest BCUT2D eigenvalue weighted by molar-refractivity contribution is 7.20. The van der Waals surface area contributed by atoms with Crippen molar-refractivity contribution in [2.75, 3.05) is 10.6 Å². The van der Waals surface area contributed by atoms with Crippen LogP contribution in [0, 0.1) is 0 Å². The summed E-state index contributed by atoms with van der Waals surface area (Å²) in [7, 11) is 0. The van der Waals surface area contributed by atoms with Crippen molar-refractivity contribution < 1.29 is 4.79 Å². The van der Waals surface area contributed by atoms with Crippen molar-refractivity contribution in [1.29, 1.82) is 0 Å². The third-order valence-electron chi connectivity index (χ3n) is 3.91. The fraction of sp³-hybridized carbons (Fsp3) is 0.0952. The molecule has 9 heteroatoms. The SMILES string of the molecule is C=C(C)Nc1sc(Nc2c(Cl)cccc2Cl)nc1C(N)=Nc1ccc(C(C)=O)cc1. The van der Waals surface area contributed by atoms with E-state index in [2.05, 4.69) is 27.2 Å². The van der Waals surface area contributed by atoms with Gasteiger partial charge in [0.15, 0.2) is 16.8 Å². The smallest absolute Gasteiger partial charge is 0.189 e. The van der Waals surface area contributed by atoms with Gasteiger partial charge in [-0.05, 0) is 50.2 Å². The van der Waals surface area contributed by atoms with Crippen LogP contribution < -0.4 is 16.4 Å². The first kappa shape index (κ1) is 21.8. The number of nitrogens with zero attached hydrogens (tertiary/aromatic N) is 2. The number of Topliss-reactive ketones (excluding diaryl/α,β-unsaturated/α-hetero) is 1. The molecule has 1 heterocycles. The first-order valence-corrected chi connectivity index (χ1v) is 10.4. The van der Waals surface area contributed by atoms with Gasteiger partial charge in [0.2, 0.25) is 0 Å². The van der Waals surface area contributed by atoms with Gasteiger partial charge in [-0.2, -0.15) is 0 Å². The molecule has 0 bridgehead atoms. The number of hydrogen-bond acceptors (Lipinski definition) is 6. The second-order valence-corrected chi connectivity index (χ2v) is 8.24. The van der Waals surface area contributed by atoms with E-state index in [0.29, 0.717) is 42.8 Å². The molecule has 0 amide bonds. The lowest BCUT2D eigenvalue weighted by molar-refractivity contribution is 0.101. The highest BCUT2D eigenvalue weighted by atomic mass is 35.5. The van der Waals surface area contributed by atoms with Gasteiger partial charge in [0.25, 0.3) is 0 Å². The van der Waals surface area contributed by atoms with Crippen LogP contribution in [0.1, 0.15) is 29.9 Å². The average molecular weight is 460 g/mol. The number of carbonyl (C=O) groups is 1. The van der Waals surface area contributed by atoms with E-state index in [1.807, 2.05) is 6.92 Å². The highest BCUT2D eigenvalue weighted by Crippen LogP contribution is 2.37. The van der Waals surface area contributed by atoms with Gasteiger partial charge in [-0.1, -0.05) is 47.2 Å². The minimum atomic E-state index is -0.0140. The third kappa shape index (κ3) is 5.18. The summed E-state index contributed by atoms with van der Waals surface area (Å²) in [5.74, 6) is 0.198. The Morgan fingerprint density at radius 2 is 1.77 bits per heavy atom. The van der Waals surface area contributed by atoms with Crippen molar-refractivity contribution in [3.8, 4) is 0 Å². The van der Waals surface area contributed by atoms with Crippen LogP contribution in [0.4, 0.5) is 21.5 Å². The Balaban J connectivity index is 1.96. The molecule has 3 aromatic rings. The Morgan fingerprint density at radius 3 is 2.33 bits per heavy atom. The summed E-state index contributed by atoms with van der Waals surface area (Å²) in [6, 6.07) is 12.1. The lowest BCUT2D eigenvalue weighted by atomic mass is 10.1. The maximum atomic E-state index is 11.4. The van der Waals surface area contributed by atoms with Crippen LogP contribution in [0.2, 0.25) is 10.0 Å². The minimum Gasteiger partial charge on any atom is -0.382 e. The van der Waals surface area contributed by atoms with Crippen molar-refractivity contribution in [3.05, 3.63) is 76.0 Å². The van der Waals surface area contributed by atoms with E-state index in [0.717, 1.165) is 5.70 Å². The van der Waals surface area contributed by atoms with Gasteiger partial charge in [0.05, 0.1) is 21.4 Å². The summed E-state index contributed by atoms with van der Waals surface area (Å²) in [6.07, 6.45) is 0. The predicted molar refractivity (Wildman–Crippen MR) is 127 cm³/mol. The molecule has 0 fully saturated rings. The summed E-state index contributed by atoms with van der Waals surface area (Å²) in [5, 5.41) is 8.45. The van der Waals surface area contributed by atoms with Gasteiger partial charge in [-0.3, -0.25) is 4.79 Å². The zero-order chi connectivity index (χ0) is 21.8. The molecule has 6 nitrogen and oxygen atoms in total. The summed E-state index contributed by atoms with van der Waals surface area (Å²) < 4.78 is 0. The Bertz CT molecular complexity index is 1120. The quantitative estimate of drug-likeness (QED) is 0.216. The van der Waals surface area contributed by atoms with Crippen LogP contribution >= 0.6 is 34.5 Å². The van der Waals surface area contributed by atoms with Crippen LogP contribution in [0.3, 0.4) is 0 Å². The summed E-state index contributed by atoms with van der Waals surface area (Å²) in [5.41, 5.74) is 9.20. The molecule has 3 rings (SSSR count). The van der Waals surface area contributed by atoms with Gasteiger partial charge in [-0.25, -0.2) is 9.98 Å². The molecule has 30 heavy (non-hydrogen) atoms. The summed E-state index contributed by atoms with van der Waals surface area (Å²) >= 11 is 13.8. The molecule has 1 aromatic heterocycles. The first-order valence-electron chi connectivity index (χ1n) is 8.84. The van der Waals surface area contributed by atoms with Crippen molar-refractivity contribution in [1.82, 2.24) is 4.98 Å². The first-order chi connectivity index (χ1) is 14.2. The number of halogens is 2. The molecule has 4 N–H and O–H groups in total. The van der Waals surface area contributed by atoms with Gasteiger partial charge in [0.1, 0.15) is 10.7 Å². The number of nitrogens with one attached hydrogen (secondary N) is 2. The third-order valence-corrected chi connectivity index (χ3v) is 5.43. The maximum absolute atomic E-state index is 11.4. The largest absolute Gasteiger partial charge is 0.382 e. The number of allylic oxidation sites excluding steroid dienone is 1. The van der Waals surface area contributed by atoms with Crippen molar-refractivity contribution in [3.63, 3.8) is 0 Å². The lowest BCUT2D eigenvalue weighted by Crippen LogP contribution is -2.15. The van der Waals surface area contributed by atoms with Crippen LogP contribution in [0.15, 0.2) is 59.7 Å². The number of benzene rings is 2. The number of hydrogen-bond donors (Lipinski definition) is 3. The van der Waals surface area contributed by atoms with Gasteiger partial charge < -0.3 is 16.4 Å². The van der Waals surface area contributed by atoms with Crippen LogP contribution in [-0.2, 0) is 0 Å². The number of rotatable bonds is 7. The average Bonchev–Trinajstić information content (AvgIpc) is 3.07. The molecule has 0 atom stereocenters. The topological polar surface area (TPSA) is 92.4 Å².